The number of anilines is 2. The van der Waals surface area contributed by atoms with Crippen molar-refractivity contribution in [1.82, 2.24) is 0 Å². The number of amides is 2. The van der Waals surface area contributed by atoms with Crippen LogP contribution in [0.3, 0.4) is 0 Å². The van der Waals surface area contributed by atoms with Crippen LogP contribution < -0.4 is 15.0 Å². The van der Waals surface area contributed by atoms with Crippen LogP contribution in [0.4, 0.5) is 11.4 Å². The largest absolute Gasteiger partial charge is 0.495 e. The van der Waals surface area contributed by atoms with Crippen LogP contribution >= 0.6 is 11.6 Å². The minimum atomic E-state index is -0.424. The fourth-order valence-corrected chi connectivity index (χ4v) is 3.45. The quantitative estimate of drug-likeness (QED) is 0.883. The Labute approximate surface area is 157 Å². The molecule has 0 aliphatic carbocycles. The van der Waals surface area contributed by atoms with Gasteiger partial charge in [-0.05, 0) is 55.3 Å². The molecule has 1 fully saturated rings. The Morgan fingerprint density at radius 3 is 2.54 bits per heavy atom. The molecular weight excluding hydrogens is 352 g/mol. The van der Waals surface area contributed by atoms with Crippen molar-refractivity contribution in [1.29, 1.82) is 0 Å². The number of halogens is 1. The Morgan fingerprint density at radius 2 is 1.88 bits per heavy atom. The van der Waals surface area contributed by atoms with E-state index in [0.717, 1.165) is 16.8 Å². The number of carbonyl (C=O) groups is 2. The second-order valence-corrected chi connectivity index (χ2v) is 7.02. The molecule has 0 bridgehead atoms. The monoisotopic (exact) mass is 372 g/mol. The van der Waals surface area contributed by atoms with Gasteiger partial charge in [0.05, 0.1) is 18.7 Å². The minimum Gasteiger partial charge on any atom is -0.495 e. The average molecular weight is 373 g/mol. The van der Waals surface area contributed by atoms with Crippen molar-refractivity contribution in [2.45, 2.75) is 20.3 Å². The van der Waals surface area contributed by atoms with Gasteiger partial charge in [0.15, 0.2) is 0 Å². The predicted octanol–water partition coefficient (Wildman–Crippen LogP) is 3.96. The summed E-state index contributed by atoms with van der Waals surface area (Å²) in [6.45, 7) is 4.26. The molecule has 2 aromatic rings. The molecule has 2 aromatic carbocycles. The van der Waals surface area contributed by atoms with E-state index in [2.05, 4.69) is 5.32 Å². The molecular formula is C20H21ClN2O3. The van der Waals surface area contributed by atoms with Crippen LogP contribution in [-0.4, -0.2) is 25.5 Å². The smallest absolute Gasteiger partial charge is 0.229 e. The number of ether oxygens (including phenoxy) is 1. The highest BCUT2D eigenvalue weighted by Crippen LogP contribution is 2.35. The van der Waals surface area contributed by atoms with Gasteiger partial charge in [-0.25, -0.2) is 0 Å². The van der Waals surface area contributed by atoms with E-state index in [4.69, 9.17) is 16.3 Å². The van der Waals surface area contributed by atoms with Crippen LogP contribution in [0.5, 0.6) is 5.75 Å². The third kappa shape index (κ3) is 3.83. The summed E-state index contributed by atoms with van der Waals surface area (Å²) in [5, 5.41) is 3.43. The van der Waals surface area contributed by atoms with E-state index >= 15 is 0 Å². The first kappa shape index (κ1) is 18.3. The lowest BCUT2D eigenvalue weighted by atomic mass is 10.1. The molecule has 0 saturated carbocycles. The van der Waals surface area contributed by atoms with Gasteiger partial charge < -0.3 is 15.0 Å². The summed E-state index contributed by atoms with van der Waals surface area (Å²) in [6.07, 6.45) is 0.159. The Kier molecular flexibility index (Phi) is 5.18. The van der Waals surface area contributed by atoms with Crippen molar-refractivity contribution < 1.29 is 14.3 Å². The molecule has 1 saturated heterocycles. The van der Waals surface area contributed by atoms with Gasteiger partial charge in [0.2, 0.25) is 11.8 Å². The van der Waals surface area contributed by atoms with Gasteiger partial charge in [-0.2, -0.15) is 0 Å². The van der Waals surface area contributed by atoms with Gasteiger partial charge in [0, 0.05) is 23.7 Å². The number of nitrogens with zero attached hydrogens (tertiary/aromatic N) is 1. The Bertz CT molecular complexity index is 846. The standard InChI is InChI=1S/C20H21ClN2O3/c1-12-6-13(2)8-16(7-12)22-20(25)14-9-19(24)23(11-14)17-10-15(21)4-5-18(17)26-3/h4-8,10,14H,9,11H2,1-3H3,(H,22,25)/t14-/m1/s1. The molecule has 5 nitrogen and oxygen atoms in total. The average Bonchev–Trinajstić information content (AvgIpc) is 2.95. The van der Waals surface area contributed by atoms with Gasteiger partial charge in [-0.1, -0.05) is 17.7 Å². The highest BCUT2D eigenvalue weighted by Gasteiger charge is 2.36. The normalized spacial score (nSPS) is 16.7. The topological polar surface area (TPSA) is 58.6 Å². The van der Waals surface area contributed by atoms with E-state index in [1.807, 2.05) is 32.0 Å². The number of aryl methyl sites for hydroxylation is 2. The summed E-state index contributed by atoms with van der Waals surface area (Å²) in [5.41, 5.74) is 3.49. The maximum Gasteiger partial charge on any atom is 0.229 e. The summed E-state index contributed by atoms with van der Waals surface area (Å²) in [5.74, 6) is -0.150. The predicted molar refractivity (Wildman–Crippen MR) is 103 cm³/mol. The third-order valence-electron chi connectivity index (χ3n) is 4.42. The van der Waals surface area contributed by atoms with E-state index in [9.17, 15) is 9.59 Å². The molecule has 0 spiro atoms. The third-order valence-corrected chi connectivity index (χ3v) is 4.65. The molecule has 1 aliphatic heterocycles. The van der Waals surface area contributed by atoms with Gasteiger partial charge in [-0.15, -0.1) is 0 Å². The first-order chi connectivity index (χ1) is 12.4. The molecule has 1 N–H and O–H groups in total. The van der Waals surface area contributed by atoms with E-state index in [0.29, 0.717) is 23.0 Å². The Hall–Kier alpha value is -2.53. The lowest BCUT2D eigenvalue weighted by Crippen LogP contribution is -2.28. The molecule has 136 valence electrons. The van der Waals surface area contributed by atoms with Crippen molar-refractivity contribution in [2.75, 3.05) is 23.9 Å². The fourth-order valence-electron chi connectivity index (χ4n) is 3.28. The van der Waals surface area contributed by atoms with Gasteiger partial charge in [0.1, 0.15) is 5.75 Å². The SMILES string of the molecule is COc1ccc(Cl)cc1N1C[C@H](C(=O)Nc2cc(C)cc(C)c2)CC1=O. The first-order valence-electron chi connectivity index (χ1n) is 8.40. The number of methoxy groups -OCH3 is 1. The summed E-state index contributed by atoms with van der Waals surface area (Å²) in [4.78, 5) is 26.7. The molecule has 0 aromatic heterocycles. The van der Waals surface area contributed by atoms with Crippen LogP contribution in [0, 0.1) is 19.8 Å². The molecule has 2 amide bonds. The number of benzene rings is 2. The molecule has 0 radical (unpaired) electrons. The van der Waals surface area contributed by atoms with Crippen molar-refractivity contribution in [3.8, 4) is 5.75 Å². The number of nitrogens with one attached hydrogen (secondary N) is 1. The molecule has 1 atom stereocenters. The number of carbonyl (C=O) groups excluding carboxylic acids is 2. The second kappa shape index (κ2) is 7.38. The van der Waals surface area contributed by atoms with Crippen molar-refractivity contribution in [3.05, 3.63) is 52.5 Å². The summed E-state index contributed by atoms with van der Waals surface area (Å²) < 4.78 is 5.33. The van der Waals surface area contributed by atoms with Gasteiger partial charge >= 0.3 is 0 Å². The zero-order valence-electron chi connectivity index (χ0n) is 15.0. The minimum absolute atomic E-state index is 0.119. The van der Waals surface area contributed by atoms with Crippen LogP contribution in [-0.2, 0) is 9.59 Å². The van der Waals surface area contributed by atoms with Crippen LogP contribution in [0.25, 0.3) is 0 Å². The van der Waals surface area contributed by atoms with Crippen molar-refractivity contribution >= 4 is 34.8 Å². The van der Waals surface area contributed by atoms with Crippen molar-refractivity contribution in [2.24, 2.45) is 5.92 Å². The van der Waals surface area contributed by atoms with Crippen molar-refractivity contribution in [3.63, 3.8) is 0 Å². The lowest BCUT2D eigenvalue weighted by Gasteiger charge is -2.20. The summed E-state index contributed by atoms with van der Waals surface area (Å²) in [6, 6.07) is 11.0. The van der Waals surface area contributed by atoms with Crippen LogP contribution in [0.2, 0.25) is 5.02 Å². The zero-order valence-corrected chi connectivity index (χ0v) is 15.8. The van der Waals surface area contributed by atoms with Crippen LogP contribution in [0.15, 0.2) is 36.4 Å². The molecule has 26 heavy (non-hydrogen) atoms. The fraction of sp³-hybridized carbons (Fsp3) is 0.300. The zero-order chi connectivity index (χ0) is 18.8. The van der Waals surface area contributed by atoms with Gasteiger partial charge in [0.25, 0.3) is 0 Å². The molecule has 6 heteroatoms. The maximum atomic E-state index is 12.6. The maximum absolute atomic E-state index is 12.6. The molecule has 1 aliphatic rings. The van der Waals surface area contributed by atoms with E-state index in [1.54, 1.807) is 23.1 Å². The summed E-state index contributed by atoms with van der Waals surface area (Å²) >= 11 is 6.06. The van der Waals surface area contributed by atoms with Crippen LogP contribution in [0.1, 0.15) is 17.5 Å². The molecule has 3 rings (SSSR count). The highest BCUT2D eigenvalue weighted by atomic mass is 35.5. The highest BCUT2D eigenvalue weighted by molar-refractivity contribution is 6.31. The van der Waals surface area contributed by atoms with E-state index in [1.165, 1.54) is 7.11 Å². The number of hydrogen-bond acceptors (Lipinski definition) is 3. The second-order valence-electron chi connectivity index (χ2n) is 6.59. The molecule has 1 heterocycles. The first-order valence-corrected chi connectivity index (χ1v) is 8.78. The van der Waals surface area contributed by atoms with E-state index < -0.39 is 5.92 Å². The lowest BCUT2D eigenvalue weighted by molar-refractivity contribution is -0.122. The number of hydrogen-bond donors (Lipinski definition) is 1. The molecule has 0 unspecified atom stereocenters. The van der Waals surface area contributed by atoms with E-state index in [-0.39, 0.29) is 18.2 Å². The Morgan fingerprint density at radius 1 is 1.19 bits per heavy atom. The summed E-state index contributed by atoms with van der Waals surface area (Å²) in [7, 11) is 1.54. The number of rotatable bonds is 4. The van der Waals surface area contributed by atoms with Gasteiger partial charge in [-0.3, -0.25) is 9.59 Å². The Balaban J connectivity index is 1.77.